The van der Waals surface area contributed by atoms with Gasteiger partial charge in [-0.25, -0.2) is 4.79 Å². The Bertz CT molecular complexity index is 1070. The fraction of sp³-hybridized carbons (Fsp3) is 0.417. The number of likely N-dealkylation sites (tertiary alicyclic amines) is 1. The molecule has 2 aromatic carbocycles. The molecule has 1 atom stereocenters. The van der Waals surface area contributed by atoms with Crippen molar-refractivity contribution in [3.63, 3.8) is 0 Å². The van der Waals surface area contributed by atoms with Gasteiger partial charge < -0.3 is 10.2 Å². The number of hydrogen-bond acceptors (Lipinski definition) is 2. The normalized spacial score (nSPS) is 16.5. The van der Waals surface area contributed by atoms with Crippen molar-refractivity contribution in [3.05, 3.63) is 58.2 Å². The summed E-state index contributed by atoms with van der Waals surface area (Å²) in [6.07, 6.45) is 3.76. The van der Waals surface area contributed by atoms with Gasteiger partial charge in [0, 0.05) is 34.2 Å². The van der Waals surface area contributed by atoms with E-state index in [2.05, 4.69) is 42.4 Å². The minimum Gasteiger partial charge on any atom is -0.325 e. The number of anilines is 1. The van der Waals surface area contributed by atoms with Crippen LogP contribution >= 0.6 is 23.2 Å². The van der Waals surface area contributed by atoms with Crippen molar-refractivity contribution >= 4 is 45.8 Å². The number of aromatic amines is 1. The molecule has 7 heteroatoms. The number of nitrogens with zero attached hydrogens (tertiary/aromatic N) is 2. The first-order valence-corrected chi connectivity index (χ1v) is 11.5. The van der Waals surface area contributed by atoms with E-state index in [0.717, 1.165) is 47.5 Å². The molecule has 31 heavy (non-hydrogen) atoms. The van der Waals surface area contributed by atoms with E-state index in [4.69, 9.17) is 23.2 Å². The summed E-state index contributed by atoms with van der Waals surface area (Å²) in [7, 11) is 0. The molecule has 1 fully saturated rings. The number of benzene rings is 2. The van der Waals surface area contributed by atoms with Crippen LogP contribution in [0.15, 0.2) is 42.6 Å². The minimum absolute atomic E-state index is 0.0431. The van der Waals surface area contributed by atoms with E-state index in [1.807, 2.05) is 29.3 Å². The lowest BCUT2D eigenvalue weighted by Crippen LogP contribution is -2.44. The van der Waals surface area contributed by atoms with Crippen LogP contribution < -0.4 is 5.32 Å². The molecule has 0 saturated carbocycles. The summed E-state index contributed by atoms with van der Waals surface area (Å²) in [5.41, 5.74) is 3.06. The number of aromatic nitrogens is 2. The first-order valence-electron chi connectivity index (χ1n) is 10.7. The van der Waals surface area contributed by atoms with Crippen molar-refractivity contribution in [2.75, 3.05) is 18.4 Å². The van der Waals surface area contributed by atoms with Gasteiger partial charge in [0.25, 0.3) is 0 Å². The molecule has 4 rings (SSSR count). The van der Waals surface area contributed by atoms with Gasteiger partial charge in [0.2, 0.25) is 0 Å². The molecule has 2 amide bonds. The Hall–Kier alpha value is -2.24. The number of piperidine rings is 1. The molecule has 1 aliphatic heterocycles. The largest absolute Gasteiger partial charge is 0.325 e. The van der Waals surface area contributed by atoms with Crippen LogP contribution in [-0.4, -0.2) is 34.2 Å². The van der Waals surface area contributed by atoms with Gasteiger partial charge >= 0.3 is 6.03 Å². The molecule has 1 aromatic heterocycles. The molecule has 0 aliphatic carbocycles. The first-order chi connectivity index (χ1) is 14.8. The number of carbonyl (C=O) groups excluding carboxylic acids is 1. The number of nitrogens with one attached hydrogen (secondary N) is 2. The average Bonchev–Trinajstić information content (AvgIpc) is 3.22. The van der Waals surface area contributed by atoms with Crippen LogP contribution in [0.3, 0.4) is 0 Å². The molecule has 0 spiro atoms. The van der Waals surface area contributed by atoms with Crippen LogP contribution in [0.25, 0.3) is 10.9 Å². The summed E-state index contributed by atoms with van der Waals surface area (Å²) in [6.45, 7) is 8.42. The molecule has 164 valence electrons. The maximum Gasteiger partial charge on any atom is 0.321 e. The second kappa shape index (κ2) is 8.71. The Morgan fingerprint density at radius 2 is 1.84 bits per heavy atom. The molecule has 5 nitrogen and oxygen atoms in total. The number of carbonyl (C=O) groups is 1. The van der Waals surface area contributed by atoms with Crippen LogP contribution in [0.4, 0.5) is 10.5 Å². The van der Waals surface area contributed by atoms with Crippen molar-refractivity contribution in [3.8, 4) is 0 Å². The number of H-pyrrole nitrogens is 1. The average molecular weight is 459 g/mol. The summed E-state index contributed by atoms with van der Waals surface area (Å²) in [5.74, 6) is 0.785. The first kappa shape index (κ1) is 22.0. The monoisotopic (exact) mass is 458 g/mol. The zero-order chi connectivity index (χ0) is 22.2. The van der Waals surface area contributed by atoms with Crippen LogP contribution in [-0.2, 0) is 0 Å². The Labute approximate surface area is 193 Å². The summed E-state index contributed by atoms with van der Waals surface area (Å²) < 4.78 is 0. The second-order valence-corrected chi connectivity index (χ2v) is 9.94. The Kier molecular flexibility index (Phi) is 6.18. The van der Waals surface area contributed by atoms with E-state index in [0.29, 0.717) is 10.9 Å². The van der Waals surface area contributed by atoms with Gasteiger partial charge in [0.05, 0.1) is 11.7 Å². The van der Waals surface area contributed by atoms with E-state index in [9.17, 15) is 4.79 Å². The number of fused-ring (bicyclic) bond motifs is 1. The fourth-order valence-corrected chi connectivity index (χ4v) is 5.07. The molecule has 1 saturated heterocycles. The van der Waals surface area contributed by atoms with Gasteiger partial charge in [-0.15, -0.1) is 0 Å². The number of urea groups is 1. The van der Waals surface area contributed by atoms with E-state index in [1.165, 1.54) is 5.56 Å². The number of halogens is 2. The molecule has 2 heterocycles. The smallest absolute Gasteiger partial charge is 0.321 e. The molecule has 0 bridgehead atoms. The molecular weight excluding hydrogens is 431 g/mol. The zero-order valence-corrected chi connectivity index (χ0v) is 19.6. The zero-order valence-electron chi connectivity index (χ0n) is 18.1. The summed E-state index contributed by atoms with van der Waals surface area (Å²) in [6, 6.07) is 11.1. The van der Waals surface area contributed by atoms with E-state index in [-0.39, 0.29) is 17.4 Å². The van der Waals surface area contributed by atoms with Gasteiger partial charge in [0.15, 0.2) is 0 Å². The highest BCUT2D eigenvalue weighted by Gasteiger charge is 2.39. The quantitative estimate of drug-likeness (QED) is 0.444. The lowest BCUT2D eigenvalue weighted by Gasteiger charge is -2.44. The summed E-state index contributed by atoms with van der Waals surface area (Å²) >= 11 is 12.3. The Morgan fingerprint density at radius 3 is 2.52 bits per heavy atom. The van der Waals surface area contributed by atoms with Crippen molar-refractivity contribution in [2.45, 2.75) is 39.5 Å². The third-order valence-electron chi connectivity index (χ3n) is 7.06. The molecule has 0 unspecified atom stereocenters. The van der Waals surface area contributed by atoms with Crippen LogP contribution in [0.5, 0.6) is 0 Å². The fourth-order valence-electron chi connectivity index (χ4n) is 4.71. The SMILES string of the molecule is C[C@@H](c1cc(Cl)cc2cn[nH]c12)C(C)(C)C1CCN(C(=O)Nc2ccc(Cl)cc2)CC1. The lowest BCUT2D eigenvalue weighted by molar-refractivity contribution is 0.0975. The van der Waals surface area contributed by atoms with Crippen molar-refractivity contribution < 1.29 is 4.79 Å². The van der Waals surface area contributed by atoms with Gasteiger partial charge in [-0.05, 0) is 72.1 Å². The molecule has 0 radical (unpaired) electrons. The third kappa shape index (κ3) is 4.53. The van der Waals surface area contributed by atoms with Gasteiger partial charge in [-0.3, -0.25) is 5.10 Å². The third-order valence-corrected chi connectivity index (χ3v) is 7.53. The topological polar surface area (TPSA) is 61.0 Å². The number of amides is 2. The van der Waals surface area contributed by atoms with Gasteiger partial charge in [0.1, 0.15) is 0 Å². The van der Waals surface area contributed by atoms with E-state index in [1.54, 1.807) is 12.1 Å². The van der Waals surface area contributed by atoms with Gasteiger partial charge in [-0.1, -0.05) is 44.0 Å². The Morgan fingerprint density at radius 1 is 1.16 bits per heavy atom. The number of rotatable bonds is 4. The van der Waals surface area contributed by atoms with Crippen LogP contribution in [0, 0.1) is 11.3 Å². The number of hydrogen-bond donors (Lipinski definition) is 2. The predicted molar refractivity (Wildman–Crippen MR) is 128 cm³/mol. The lowest BCUT2D eigenvalue weighted by atomic mass is 9.64. The summed E-state index contributed by atoms with van der Waals surface area (Å²) in [4.78, 5) is 14.6. The standard InChI is InChI=1S/C24H28Cl2N4O/c1-15(21-13-19(26)12-16-14-27-29-22(16)21)24(2,3)17-8-10-30(11-9-17)23(31)28-20-6-4-18(25)5-7-20/h4-7,12-15,17H,8-11H2,1-3H3,(H,27,29)(H,28,31)/t15-/m0/s1. The molecule has 2 N–H and O–H groups in total. The van der Waals surface area contributed by atoms with Crippen molar-refractivity contribution in [1.82, 2.24) is 15.1 Å². The van der Waals surface area contributed by atoms with Crippen LogP contribution in [0.2, 0.25) is 10.0 Å². The maximum absolute atomic E-state index is 12.7. The van der Waals surface area contributed by atoms with Crippen LogP contribution in [0.1, 0.15) is 45.1 Å². The van der Waals surface area contributed by atoms with Crippen molar-refractivity contribution in [1.29, 1.82) is 0 Å². The van der Waals surface area contributed by atoms with Gasteiger partial charge in [-0.2, -0.15) is 5.10 Å². The maximum atomic E-state index is 12.7. The highest BCUT2D eigenvalue weighted by atomic mass is 35.5. The Balaban J connectivity index is 1.42. The summed E-state index contributed by atoms with van der Waals surface area (Å²) in [5, 5.41) is 12.7. The van der Waals surface area contributed by atoms with Crippen molar-refractivity contribution in [2.24, 2.45) is 11.3 Å². The second-order valence-electron chi connectivity index (χ2n) is 9.07. The van der Waals surface area contributed by atoms with E-state index < -0.39 is 0 Å². The molecule has 3 aromatic rings. The molecular formula is C24H28Cl2N4O. The molecule has 1 aliphatic rings. The highest BCUT2D eigenvalue weighted by Crippen LogP contribution is 2.47. The minimum atomic E-state index is -0.0550. The van der Waals surface area contributed by atoms with E-state index >= 15 is 0 Å². The highest BCUT2D eigenvalue weighted by molar-refractivity contribution is 6.31. The predicted octanol–water partition coefficient (Wildman–Crippen LogP) is 6.94.